The Hall–Kier alpha value is -1.90. The number of carbonyl (C=O) groups is 2. The van der Waals surface area contributed by atoms with E-state index < -0.39 is 0 Å². The van der Waals surface area contributed by atoms with Crippen LogP contribution in [0.5, 0.6) is 0 Å². The van der Waals surface area contributed by atoms with Gasteiger partial charge < -0.3 is 10.6 Å². The summed E-state index contributed by atoms with van der Waals surface area (Å²) in [5, 5.41) is 15.2. The van der Waals surface area contributed by atoms with Crippen LogP contribution in [0.15, 0.2) is 35.9 Å². The summed E-state index contributed by atoms with van der Waals surface area (Å²) in [7, 11) is 0. The fourth-order valence-electron chi connectivity index (χ4n) is 2.93. The predicted octanol–water partition coefficient (Wildman–Crippen LogP) is 4.68. The van der Waals surface area contributed by atoms with Crippen molar-refractivity contribution in [2.75, 3.05) is 17.6 Å². The molecule has 0 spiro atoms. The van der Waals surface area contributed by atoms with E-state index in [-0.39, 0.29) is 16.8 Å². The number of anilines is 1. The highest BCUT2D eigenvalue weighted by Gasteiger charge is 2.14. The van der Waals surface area contributed by atoms with Crippen LogP contribution in [0.25, 0.3) is 0 Å². The second kappa shape index (κ2) is 11.3. The molecular weight excluding hydrogens is 428 g/mol. The molecule has 0 saturated carbocycles. The van der Waals surface area contributed by atoms with Crippen molar-refractivity contribution >= 4 is 52.2 Å². The van der Waals surface area contributed by atoms with Crippen molar-refractivity contribution in [1.29, 1.82) is 0 Å². The molecule has 1 aromatic carbocycles. The fourth-order valence-corrected chi connectivity index (χ4v) is 4.76. The molecule has 154 valence electrons. The summed E-state index contributed by atoms with van der Waals surface area (Å²) in [5.74, 6) is 0.606. The average molecular weight is 451 g/mol. The van der Waals surface area contributed by atoms with E-state index in [0.29, 0.717) is 33.8 Å². The topological polar surface area (TPSA) is 84.0 Å². The van der Waals surface area contributed by atoms with Crippen LogP contribution in [-0.4, -0.2) is 34.3 Å². The number of hydrogen-bond donors (Lipinski definition) is 2. The molecule has 1 aliphatic rings. The molecule has 0 fully saturated rings. The lowest BCUT2D eigenvalue weighted by Gasteiger charge is -2.12. The molecule has 0 atom stereocenters. The number of halogens is 1. The van der Waals surface area contributed by atoms with E-state index in [1.807, 2.05) is 0 Å². The molecule has 1 aliphatic carbocycles. The average Bonchev–Trinajstić information content (AvgIpc) is 3.18. The van der Waals surface area contributed by atoms with Gasteiger partial charge in [0, 0.05) is 23.0 Å². The van der Waals surface area contributed by atoms with Crippen LogP contribution >= 0.6 is 34.7 Å². The molecule has 0 bridgehead atoms. The van der Waals surface area contributed by atoms with Crippen molar-refractivity contribution in [3.63, 3.8) is 0 Å². The van der Waals surface area contributed by atoms with Crippen molar-refractivity contribution in [3.05, 3.63) is 51.0 Å². The van der Waals surface area contributed by atoms with Gasteiger partial charge in [0.25, 0.3) is 5.91 Å². The lowest BCUT2D eigenvalue weighted by Crippen LogP contribution is -2.26. The van der Waals surface area contributed by atoms with Crippen LogP contribution in [-0.2, 0) is 10.5 Å². The van der Waals surface area contributed by atoms with E-state index in [1.165, 1.54) is 47.9 Å². The zero-order chi connectivity index (χ0) is 20.5. The molecule has 0 unspecified atom stereocenters. The van der Waals surface area contributed by atoms with Gasteiger partial charge in [-0.15, -0.1) is 22.0 Å². The zero-order valence-electron chi connectivity index (χ0n) is 15.9. The molecule has 9 heteroatoms. The molecule has 2 aromatic rings. The van der Waals surface area contributed by atoms with Gasteiger partial charge in [-0.25, -0.2) is 0 Å². The Morgan fingerprint density at radius 1 is 1.24 bits per heavy atom. The monoisotopic (exact) mass is 450 g/mol. The molecule has 6 nitrogen and oxygen atoms in total. The van der Waals surface area contributed by atoms with Gasteiger partial charge in [0.15, 0.2) is 0 Å². The minimum Gasteiger partial charge on any atom is -0.355 e. The third-order valence-corrected chi connectivity index (χ3v) is 6.64. The van der Waals surface area contributed by atoms with Crippen LogP contribution in [0.3, 0.4) is 0 Å². The maximum atomic E-state index is 12.2. The number of amides is 2. The summed E-state index contributed by atoms with van der Waals surface area (Å²) >= 11 is 8.61. The molecular formula is C20H23ClN4O2S2. The number of allylic oxidation sites excluding steroid dienone is 1. The van der Waals surface area contributed by atoms with Crippen molar-refractivity contribution in [2.45, 2.75) is 37.9 Å². The number of hydrogen-bond acceptors (Lipinski definition) is 6. The molecule has 1 aromatic heterocycles. The first-order valence-electron chi connectivity index (χ1n) is 9.52. The molecule has 2 amide bonds. The molecule has 0 radical (unpaired) electrons. The Balaban J connectivity index is 1.36. The minimum absolute atomic E-state index is 0.0230. The summed E-state index contributed by atoms with van der Waals surface area (Å²) in [6.45, 7) is 0.692. The highest BCUT2D eigenvalue weighted by Crippen LogP contribution is 2.20. The van der Waals surface area contributed by atoms with Crippen LogP contribution in [0.1, 0.15) is 46.9 Å². The summed E-state index contributed by atoms with van der Waals surface area (Å²) in [4.78, 5) is 24.2. The molecule has 2 N–H and O–H groups in total. The van der Waals surface area contributed by atoms with Crippen LogP contribution in [0.4, 0.5) is 5.69 Å². The number of rotatable bonds is 9. The van der Waals surface area contributed by atoms with Gasteiger partial charge in [-0.05, 0) is 50.3 Å². The smallest absolute Gasteiger partial charge is 0.286 e. The molecule has 29 heavy (non-hydrogen) atoms. The van der Waals surface area contributed by atoms with Gasteiger partial charge >= 0.3 is 0 Å². The maximum absolute atomic E-state index is 12.2. The van der Waals surface area contributed by atoms with Gasteiger partial charge in [0.1, 0.15) is 5.01 Å². The Kier molecular flexibility index (Phi) is 8.52. The predicted molar refractivity (Wildman–Crippen MR) is 120 cm³/mol. The molecule has 0 saturated heterocycles. The fraction of sp³-hybridized carbons (Fsp3) is 0.400. The highest BCUT2D eigenvalue weighted by atomic mass is 35.5. The molecule has 1 heterocycles. The summed E-state index contributed by atoms with van der Waals surface area (Å²) < 4.78 is 0. The quantitative estimate of drug-likeness (QED) is 0.541. The minimum atomic E-state index is -0.323. The molecule has 3 rings (SSSR count). The molecule has 0 aliphatic heterocycles. The number of aromatic nitrogens is 2. The number of nitrogens with zero attached hydrogens (tertiary/aromatic N) is 2. The first kappa shape index (κ1) is 21.8. The van der Waals surface area contributed by atoms with E-state index in [9.17, 15) is 9.59 Å². The van der Waals surface area contributed by atoms with Gasteiger partial charge in [-0.2, -0.15) is 0 Å². The third-order valence-electron chi connectivity index (χ3n) is 4.36. The maximum Gasteiger partial charge on any atom is 0.286 e. The summed E-state index contributed by atoms with van der Waals surface area (Å²) in [6, 6.07) is 6.92. The number of benzene rings is 1. The van der Waals surface area contributed by atoms with Crippen molar-refractivity contribution in [1.82, 2.24) is 15.5 Å². The first-order valence-corrected chi connectivity index (χ1v) is 11.9. The first-order chi connectivity index (χ1) is 14.1. The lowest BCUT2D eigenvalue weighted by molar-refractivity contribution is -0.118. The second-order valence-corrected chi connectivity index (χ2v) is 9.15. The van der Waals surface area contributed by atoms with E-state index >= 15 is 0 Å². The Morgan fingerprint density at radius 3 is 2.93 bits per heavy atom. The Bertz CT molecular complexity index is 885. The summed E-state index contributed by atoms with van der Waals surface area (Å²) in [5.41, 5.74) is 2.07. The normalized spacial score (nSPS) is 13.6. The highest BCUT2D eigenvalue weighted by molar-refractivity contribution is 7.99. The van der Waals surface area contributed by atoms with Gasteiger partial charge in [0.2, 0.25) is 10.9 Å². The van der Waals surface area contributed by atoms with Crippen LogP contribution in [0, 0.1) is 0 Å². The van der Waals surface area contributed by atoms with E-state index in [2.05, 4.69) is 26.9 Å². The van der Waals surface area contributed by atoms with Crippen molar-refractivity contribution in [3.8, 4) is 0 Å². The largest absolute Gasteiger partial charge is 0.355 e. The van der Waals surface area contributed by atoms with Crippen LogP contribution < -0.4 is 10.6 Å². The number of carbonyl (C=O) groups excluding carboxylic acids is 2. The number of thioether (sulfide) groups is 1. The SMILES string of the molecule is O=C(CSCc1nnc(C(=O)Nc2cccc(Cl)c2)s1)NCCC1=CCCCC1. The standard InChI is InChI=1S/C20H23ClN4O2S2/c21-15-7-4-8-16(11-15)23-19(27)20-25-24-18(29-20)13-28-12-17(26)22-10-9-14-5-2-1-3-6-14/h4-5,7-8,11H,1-3,6,9-10,12-13H2,(H,22,26)(H,23,27). The lowest BCUT2D eigenvalue weighted by atomic mass is 9.97. The van der Waals surface area contributed by atoms with Gasteiger partial charge in [-0.3, -0.25) is 9.59 Å². The van der Waals surface area contributed by atoms with E-state index in [0.717, 1.165) is 12.8 Å². The van der Waals surface area contributed by atoms with Gasteiger partial charge in [0.05, 0.1) is 5.75 Å². The Morgan fingerprint density at radius 2 is 2.14 bits per heavy atom. The van der Waals surface area contributed by atoms with Crippen LogP contribution in [0.2, 0.25) is 5.02 Å². The Labute approximate surface area is 183 Å². The summed E-state index contributed by atoms with van der Waals surface area (Å²) in [6.07, 6.45) is 8.12. The zero-order valence-corrected chi connectivity index (χ0v) is 18.3. The van der Waals surface area contributed by atoms with E-state index in [1.54, 1.807) is 24.3 Å². The van der Waals surface area contributed by atoms with E-state index in [4.69, 9.17) is 11.6 Å². The second-order valence-electron chi connectivity index (χ2n) is 6.67. The van der Waals surface area contributed by atoms with Gasteiger partial charge in [-0.1, -0.05) is 40.7 Å². The van der Waals surface area contributed by atoms with Crippen molar-refractivity contribution in [2.24, 2.45) is 0 Å². The number of nitrogens with one attached hydrogen (secondary N) is 2. The van der Waals surface area contributed by atoms with Crippen molar-refractivity contribution < 1.29 is 9.59 Å². The third kappa shape index (κ3) is 7.45.